The van der Waals surface area contributed by atoms with E-state index in [1.54, 1.807) is 18.3 Å². The number of carbonyl (C=O) groups excluding carboxylic acids is 1. The van der Waals surface area contributed by atoms with E-state index in [1.165, 1.54) is 29.9 Å². The van der Waals surface area contributed by atoms with Crippen molar-refractivity contribution in [2.24, 2.45) is 0 Å². The Morgan fingerprint density at radius 2 is 2.20 bits per heavy atom. The van der Waals surface area contributed by atoms with Gasteiger partial charge in [-0.3, -0.25) is 4.79 Å². The average Bonchev–Trinajstić information content (AvgIpc) is 3.01. The molecule has 0 bridgehead atoms. The maximum atomic E-state index is 11.8. The Hall–Kier alpha value is -1.59. The molecular formula is C15H12N2OS2. The number of carbonyl (C=O) groups is 1. The van der Waals surface area contributed by atoms with E-state index in [0.717, 1.165) is 26.4 Å². The summed E-state index contributed by atoms with van der Waals surface area (Å²) in [4.78, 5) is 17.0. The molecule has 100 valence electrons. The van der Waals surface area contributed by atoms with Crippen molar-refractivity contribution >= 4 is 38.9 Å². The van der Waals surface area contributed by atoms with E-state index in [-0.39, 0.29) is 5.78 Å². The van der Waals surface area contributed by atoms with Crippen LogP contribution < -0.4 is 0 Å². The molecule has 0 atom stereocenters. The summed E-state index contributed by atoms with van der Waals surface area (Å²) < 4.78 is 5.76. The Bertz CT molecular complexity index is 814. The van der Waals surface area contributed by atoms with Gasteiger partial charge in [0.15, 0.2) is 5.78 Å². The van der Waals surface area contributed by atoms with Gasteiger partial charge in [-0.25, -0.2) is 4.98 Å². The van der Waals surface area contributed by atoms with Gasteiger partial charge in [0, 0.05) is 18.1 Å². The van der Waals surface area contributed by atoms with Gasteiger partial charge in [0.2, 0.25) is 0 Å². The molecule has 0 unspecified atom stereocenters. The van der Waals surface area contributed by atoms with Crippen LogP contribution in [0.2, 0.25) is 0 Å². The van der Waals surface area contributed by atoms with Crippen LogP contribution >= 0.6 is 22.9 Å². The van der Waals surface area contributed by atoms with Crippen molar-refractivity contribution in [2.45, 2.75) is 25.7 Å². The number of fused-ring (bicyclic) bond motifs is 1. The number of nitrogens with zero attached hydrogens (tertiary/aromatic N) is 2. The van der Waals surface area contributed by atoms with Crippen LogP contribution in [0.4, 0.5) is 0 Å². The Morgan fingerprint density at radius 1 is 1.35 bits per heavy atom. The van der Waals surface area contributed by atoms with Crippen molar-refractivity contribution in [3.05, 3.63) is 34.2 Å². The van der Waals surface area contributed by atoms with Gasteiger partial charge in [-0.1, -0.05) is 12.1 Å². The molecule has 5 heteroatoms. The molecule has 0 amide bonds. The van der Waals surface area contributed by atoms with Crippen molar-refractivity contribution in [3.8, 4) is 11.3 Å². The fourth-order valence-electron chi connectivity index (χ4n) is 2.57. The van der Waals surface area contributed by atoms with E-state index in [1.807, 2.05) is 17.6 Å². The highest BCUT2D eigenvalue weighted by Crippen LogP contribution is 2.48. The molecule has 1 aliphatic rings. The van der Waals surface area contributed by atoms with Crippen LogP contribution in [-0.2, 0) is 0 Å². The molecule has 0 radical (unpaired) electrons. The Balaban J connectivity index is 1.98. The van der Waals surface area contributed by atoms with Crippen molar-refractivity contribution in [2.75, 3.05) is 0 Å². The quantitative estimate of drug-likeness (QED) is 0.669. The van der Waals surface area contributed by atoms with Gasteiger partial charge in [-0.05, 0) is 36.4 Å². The summed E-state index contributed by atoms with van der Waals surface area (Å²) in [5.41, 5.74) is 6.16. The van der Waals surface area contributed by atoms with Crippen LogP contribution in [0.15, 0.2) is 23.7 Å². The van der Waals surface area contributed by atoms with E-state index in [9.17, 15) is 4.79 Å². The van der Waals surface area contributed by atoms with Gasteiger partial charge in [-0.2, -0.15) is 4.37 Å². The summed E-state index contributed by atoms with van der Waals surface area (Å²) in [5, 5.41) is 0. The largest absolute Gasteiger partial charge is 0.294 e. The van der Waals surface area contributed by atoms with Crippen LogP contribution in [0.5, 0.6) is 0 Å². The number of rotatable bonds is 3. The minimum absolute atomic E-state index is 0.132. The smallest absolute Gasteiger partial charge is 0.171 e. The van der Waals surface area contributed by atoms with Crippen LogP contribution in [0.25, 0.3) is 21.5 Å². The van der Waals surface area contributed by atoms with E-state index >= 15 is 0 Å². The van der Waals surface area contributed by atoms with Crippen LogP contribution in [-0.4, -0.2) is 15.1 Å². The number of thiazole rings is 1. The summed E-state index contributed by atoms with van der Waals surface area (Å²) in [6, 6.07) is 6.12. The third-order valence-corrected chi connectivity index (χ3v) is 5.48. The Morgan fingerprint density at radius 3 is 2.95 bits per heavy atom. The van der Waals surface area contributed by atoms with Gasteiger partial charge < -0.3 is 0 Å². The third kappa shape index (κ3) is 1.81. The highest BCUT2D eigenvalue weighted by atomic mass is 32.1. The summed E-state index contributed by atoms with van der Waals surface area (Å²) >= 11 is 2.98. The van der Waals surface area contributed by atoms with Gasteiger partial charge >= 0.3 is 0 Å². The lowest BCUT2D eigenvalue weighted by molar-refractivity contribution is 0.102. The maximum Gasteiger partial charge on any atom is 0.171 e. The minimum Gasteiger partial charge on any atom is -0.294 e. The number of ketones is 1. The molecule has 1 aromatic carbocycles. The van der Waals surface area contributed by atoms with Crippen LogP contribution in [0.3, 0.4) is 0 Å². The van der Waals surface area contributed by atoms with E-state index in [4.69, 9.17) is 0 Å². The van der Waals surface area contributed by atoms with E-state index in [2.05, 4.69) is 15.4 Å². The van der Waals surface area contributed by atoms with Gasteiger partial charge in [0.1, 0.15) is 0 Å². The lowest BCUT2D eigenvalue weighted by atomic mass is 10.0. The second-order valence-corrected chi connectivity index (χ2v) is 6.74. The summed E-state index contributed by atoms with van der Waals surface area (Å²) in [5.74, 6) is 0.651. The van der Waals surface area contributed by atoms with Crippen LogP contribution in [0.1, 0.15) is 40.9 Å². The molecule has 20 heavy (non-hydrogen) atoms. The third-order valence-electron chi connectivity index (χ3n) is 3.65. The van der Waals surface area contributed by atoms with Crippen molar-refractivity contribution in [1.82, 2.24) is 9.36 Å². The first-order valence-corrected chi connectivity index (χ1v) is 8.24. The predicted octanol–water partition coefficient (Wildman–Crippen LogP) is 4.50. The zero-order chi connectivity index (χ0) is 13.7. The van der Waals surface area contributed by atoms with Crippen LogP contribution in [0, 0.1) is 0 Å². The Labute approximate surface area is 124 Å². The first-order valence-electron chi connectivity index (χ1n) is 6.59. The molecule has 0 spiro atoms. The average molecular weight is 300 g/mol. The van der Waals surface area contributed by atoms with Gasteiger partial charge in [-0.15, -0.1) is 11.3 Å². The van der Waals surface area contributed by atoms with Crippen molar-refractivity contribution in [1.29, 1.82) is 0 Å². The predicted molar refractivity (Wildman–Crippen MR) is 82.7 cm³/mol. The second-order valence-electron chi connectivity index (χ2n) is 5.11. The number of hydrogen-bond acceptors (Lipinski definition) is 5. The number of benzene rings is 1. The SMILES string of the molecule is CC(=O)c1snc(-c2cccc3ncsc23)c1C1CC1. The molecule has 0 N–H and O–H groups in total. The number of hydrogen-bond donors (Lipinski definition) is 0. The normalized spacial score (nSPS) is 14.8. The zero-order valence-corrected chi connectivity index (χ0v) is 12.6. The highest BCUT2D eigenvalue weighted by molar-refractivity contribution is 7.17. The molecule has 3 nitrogen and oxygen atoms in total. The topological polar surface area (TPSA) is 42.9 Å². The van der Waals surface area contributed by atoms with Crippen molar-refractivity contribution in [3.63, 3.8) is 0 Å². The molecule has 1 saturated carbocycles. The number of aromatic nitrogens is 2. The number of Topliss-reactive ketones (excluding diaryl/α,β-unsaturated/α-hetero) is 1. The van der Waals surface area contributed by atoms with E-state index < -0.39 is 0 Å². The molecular weight excluding hydrogens is 288 g/mol. The monoisotopic (exact) mass is 300 g/mol. The van der Waals surface area contributed by atoms with E-state index in [0.29, 0.717) is 5.92 Å². The molecule has 1 fully saturated rings. The lowest BCUT2D eigenvalue weighted by Crippen LogP contribution is -1.94. The molecule has 0 saturated heterocycles. The standard InChI is InChI=1S/C15H12N2OS2/c1-8(18)14-12(9-5-6-9)13(17-20-14)10-3-2-4-11-15(10)19-7-16-11/h2-4,7,9H,5-6H2,1H3. The molecule has 2 aromatic heterocycles. The van der Waals surface area contributed by atoms with Crippen molar-refractivity contribution < 1.29 is 4.79 Å². The lowest BCUT2D eigenvalue weighted by Gasteiger charge is -2.04. The highest BCUT2D eigenvalue weighted by Gasteiger charge is 2.33. The fraction of sp³-hybridized carbons (Fsp3) is 0.267. The molecule has 0 aliphatic heterocycles. The first kappa shape index (κ1) is 12.2. The van der Waals surface area contributed by atoms with Gasteiger partial charge in [0.05, 0.1) is 26.3 Å². The molecule has 2 heterocycles. The van der Waals surface area contributed by atoms with Gasteiger partial charge in [0.25, 0.3) is 0 Å². The Kier molecular flexibility index (Phi) is 2.72. The first-order chi connectivity index (χ1) is 9.75. The molecule has 1 aliphatic carbocycles. The fourth-order valence-corrected chi connectivity index (χ4v) is 4.24. The second kappa shape index (κ2) is 4.46. The summed E-state index contributed by atoms with van der Waals surface area (Å²) in [6.45, 7) is 1.64. The summed E-state index contributed by atoms with van der Waals surface area (Å²) in [7, 11) is 0. The zero-order valence-electron chi connectivity index (χ0n) is 10.9. The molecule has 3 aromatic rings. The molecule has 4 rings (SSSR count). The summed E-state index contributed by atoms with van der Waals surface area (Å²) in [6.07, 6.45) is 2.34. The maximum absolute atomic E-state index is 11.8. The minimum atomic E-state index is 0.132.